The first-order chi connectivity index (χ1) is 25.3. The normalized spacial score (nSPS) is 47.1. The van der Waals surface area contributed by atoms with Crippen LogP contribution in [0.5, 0.6) is 0 Å². The summed E-state index contributed by atoms with van der Waals surface area (Å²) < 4.78 is 38.3. The molecule has 1 unspecified atom stereocenters. The van der Waals surface area contributed by atoms with E-state index in [1.807, 2.05) is 0 Å². The molecule has 0 aliphatic carbocycles. The fourth-order valence-electron chi connectivity index (χ4n) is 6.54. The number of carboxylic acid groups (broad SMARTS) is 1. The minimum absolute atomic E-state index is 0.799. The van der Waals surface area contributed by atoms with Gasteiger partial charge in [-0.25, -0.2) is 4.79 Å². The lowest BCUT2D eigenvalue weighted by molar-refractivity contribution is -0.389. The van der Waals surface area contributed by atoms with Crippen molar-refractivity contribution in [2.45, 2.75) is 142 Å². The molecule has 25 nitrogen and oxygen atoms in total. The van der Waals surface area contributed by atoms with Crippen LogP contribution in [0.1, 0.15) is 13.3 Å². The monoisotopic (exact) mass is 795 g/mol. The Morgan fingerprint density at radius 1 is 0.759 bits per heavy atom. The highest BCUT2D eigenvalue weighted by atomic mass is 16.8. The zero-order valence-corrected chi connectivity index (χ0v) is 28.5. The average molecular weight is 796 g/mol. The summed E-state index contributed by atoms with van der Waals surface area (Å²) in [7, 11) is 0. The first-order valence-corrected chi connectivity index (χ1v) is 16.7. The van der Waals surface area contributed by atoms with Gasteiger partial charge >= 0.3 is 5.97 Å². The lowest BCUT2D eigenvalue weighted by atomic mass is 9.88. The van der Waals surface area contributed by atoms with Gasteiger partial charge in [-0.3, -0.25) is 4.79 Å². The van der Waals surface area contributed by atoms with Crippen LogP contribution in [0.2, 0.25) is 0 Å². The number of carbonyl (C=O) groups is 2. The van der Waals surface area contributed by atoms with Crippen molar-refractivity contribution in [1.29, 1.82) is 0 Å². The zero-order chi connectivity index (χ0) is 40.4. The van der Waals surface area contributed by atoms with Crippen LogP contribution in [0.4, 0.5) is 0 Å². The van der Waals surface area contributed by atoms with Crippen LogP contribution in [0.15, 0.2) is 0 Å². The van der Waals surface area contributed by atoms with Crippen LogP contribution in [-0.4, -0.2) is 243 Å². The second-order valence-electron chi connectivity index (χ2n) is 13.3. The molecule has 314 valence electrons. The summed E-state index contributed by atoms with van der Waals surface area (Å²) in [6.07, 6.45) is -38.6. The van der Waals surface area contributed by atoms with Crippen LogP contribution < -0.4 is 5.32 Å². The van der Waals surface area contributed by atoms with Crippen molar-refractivity contribution in [3.05, 3.63) is 0 Å². The smallest absolute Gasteiger partial charge is 0.364 e. The number of amides is 1. The molecule has 54 heavy (non-hydrogen) atoms. The number of rotatable bonds is 14. The third-order valence-corrected chi connectivity index (χ3v) is 9.56. The Hall–Kier alpha value is -1.90. The van der Waals surface area contributed by atoms with E-state index in [0.29, 0.717) is 0 Å². The Kier molecular flexibility index (Phi) is 15.4. The Labute approximate surface area is 305 Å². The maximum atomic E-state index is 12.9. The average Bonchev–Trinajstić information content (AvgIpc) is 3.13. The SMILES string of the molecule is CC(=O)N[C@H]1[C@H]([C@H](O)[C@H](O)CO)O[C@@](O[C@H]2[C@@H](O)[C@@H](CO[C@@H]3O[C@H](CO)[C@H](O)[C@H](O)[C@H]3O)O[C@@H](O[C@H]3[C@H](O)[C@@H](O)C(O)O[C@@H]3CO)[C@@H]2O)(C(=O)O)C[C@@H]1O. The first-order valence-electron chi connectivity index (χ1n) is 16.7. The van der Waals surface area contributed by atoms with Crippen molar-refractivity contribution in [2.75, 3.05) is 26.4 Å². The number of hydrogen-bond donors (Lipinski definition) is 16. The van der Waals surface area contributed by atoms with E-state index in [1.54, 1.807) is 0 Å². The third-order valence-electron chi connectivity index (χ3n) is 9.56. The lowest BCUT2D eigenvalue weighted by Crippen LogP contribution is -2.71. The van der Waals surface area contributed by atoms with Gasteiger partial charge in [0.25, 0.3) is 5.79 Å². The molecule has 4 fully saturated rings. The highest BCUT2D eigenvalue weighted by Crippen LogP contribution is 2.38. The van der Waals surface area contributed by atoms with Crippen LogP contribution in [0.25, 0.3) is 0 Å². The van der Waals surface area contributed by atoms with E-state index in [2.05, 4.69) is 5.32 Å². The summed E-state index contributed by atoms with van der Waals surface area (Å²) in [5, 5.41) is 158. The first kappa shape index (κ1) is 44.8. The summed E-state index contributed by atoms with van der Waals surface area (Å²) in [4.78, 5) is 24.8. The van der Waals surface area contributed by atoms with Gasteiger partial charge in [-0.05, 0) is 0 Å². The van der Waals surface area contributed by atoms with Gasteiger partial charge < -0.3 is 115 Å². The molecule has 25 heteroatoms. The maximum Gasteiger partial charge on any atom is 0.364 e. The number of hydrogen-bond acceptors (Lipinski definition) is 23. The largest absolute Gasteiger partial charge is 0.477 e. The second-order valence-corrected chi connectivity index (χ2v) is 13.3. The second kappa shape index (κ2) is 18.6. The molecule has 0 spiro atoms. The van der Waals surface area contributed by atoms with Gasteiger partial charge in [-0.2, -0.15) is 0 Å². The number of nitrogens with one attached hydrogen (secondary N) is 1. The van der Waals surface area contributed by atoms with E-state index >= 15 is 0 Å². The van der Waals surface area contributed by atoms with E-state index in [0.717, 1.165) is 6.92 Å². The van der Waals surface area contributed by atoms with Crippen LogP contribution in [0, 0.1) is 0 Å². The molecule has 1 amide bonds. The lowest BCUT2D eigenvalue weighted by Gasteiger charge is -2.50. The summed E-state index contributed by atoms with van der Waals surface area (Å²) >= 11 is 0. The Balaban J connectivity index is 1.69. The van der Waals surface area contributed by atoms with Gasteiger partial charge in [0.15, 0.2) is 18.9 Å². The van der Waals surface area contributed by atoms with Gasteiger partial charge in [0.2, 0.25) is 5.91 Å². The van der Waals surface area contributed by atoms with Crippen LogP contribution >= 0.6 is 0 Å². The molecule has 0 bridgehead atoms. The molecule has 4 heterocycles. The standard InChI is InChI=1S/C29H49NO24/c1-7(34)30-13-8(35)2-29(28(46)47,53-23(13)14(37)9(36)3-31)54-24-16(39)12(6-48-26-20(43)17(40)15(38)10(4-32)50-26)51-27(21(24)44)52-22-11(5-33)49-25(45)19(42)18(22)41/h8-27,31-33,35-45H,2-6H2,1H3,(H,30,34)(H,46,47)/t8-,9+,10+,11+,12+,13+,14+,15-,16-,17-,18+,19+,20+,21+,22+,23+,24-,25?,26+,27-,29-/m0/s1. The van der Waals surface area contributed by atoms with E-state index < -0.39 is 173 Å². The molecule has 4 rings (SSSR count). The predicted octanol–water partition coefficient (Wildman–Crippen LogP) is -10.4. The van der Waals surface area contributed by atoms with E-state index in [4.69, 9.17) is 33.2 Å². The van der Waals surface area contributed by atoms with E-state index in [-0.39, 0.29) is 0 Å². The molecule has 0 aromatic rings. The molecule has 16 N–H and O–H groups in total. The van der Waals surface area contributed by atoms with Gasteiger partial charge in [0.05, 0.1) is 38.6 Å². The molecular formula is C29H49NO24. The van der Waals surface area contributed by atoms with Crippen molar-refractivity contribution in [3.63, 3.8) is 0 Å². The van der Waals surface area contributed by atoms with Crippen LogP contribution in [-0.2, 0) is 42.7 Å². The molecule has 0 saturated carbocycles. The van der Waals surface area contributed by atoms with Gasteiger partial charge in [-0.1, -0.05) is 0 Å². The van der Waals surface area contributed by atoms with Crippen molar-refractivity contribution in [1.82, 2.24) is 5.32 Å². The topological polar surface area (TPSA) is 414 Å². The Morgan fingerprint density at radius 2 is 1.39 bits per heavy atom. The predicted molar refractivity (Wildman–Crippen MR) is 163 cm³/mol. The van der Waals surface area contributed by atoms with Gasteiger partial charge in [0, 0.05) is 13.3 Å². The van der Waals surface area contributed by atoms with Crippen molar-refractivity contribution >= 4 is 11.9 Å². The molecule has 4 saturated heterocycles. The highest BCUT2D eigenvalue weighted by molar-refractivity contribution is 5.76. The fraction of sp³-hybridized carbons (Fsp3) is 0.931. The molecule has 0 aromatic carbocycles. The van der Waals surface area contributed by atoms with E-state index in [1.165, 1.54) is 0 Å². The van der Waals surface area contributed by atoms with Crippen molar-refractivity contribution in [3.8, 4) is 0 Å². The summed E-state index contributed by atoms with van der Waals surface area (Å²) in [6, 6.07) is -1.62. The molecule has 0 radical (unpaired) electrons. The molecule has 21 atom stereocenters. The number of aliphatic carboxylic acids is 1. The molecule has 4 aliphatic heterocycles. The minimum atomic E-state index is -3.16. The number of aliphatic hydroxyl groups is 14. The number of ether oxygens (including phenoxy) is 7. The Morgan fingerprint density at radius 3 is 1.96 bits per heavy atom. The summed E-state index contributed by atoms with van der Waals surface area (Å²) in [5.74, 6) is -6.01. The van der Waals surface area contributed by atoms with E-state index in [9.17, 15) is 86.2 Å². The fourth-order valence-corrected chi connectivity index (χ4v) is 6.54. The van der Waals surface area contributed by atoms with Gasteiger partial charge in [-0.15, -0.1) is 0 Å². The highest BCUT2D eigenvalue weighted by Gasteiger charge is 2.60. The minimum Gasteiger partial charge on any atom is -0.477 e. The zero-order valence-electron chi connectivity index (χ0n) is 28.5. The van der Waals surface area contributed by atoms with Crippen molar-refractivity contribution in [2.24, 2.45) is 0 Å². The Bertz CT molecular complexity index is 1230. The summed E-state index contributed by atoms with van der Waals surface area (Å²) in [6.45, 7) is -2.81. The maximum absolute atomic E-state index is 12.9. The quantitative estimate of drug-likeness (QED) is 0.0776. The number of aliphatic hydroxyl groups excluding tert-OH is 14. The summed E-state index contributed by atoms with van der Waals surface area (Å²) in [5.41, 5.74) is 0. The molecule has 4 aliphatic rings. The molecule has 0 aromatic heterocycles. The van der Waals surface area contributed by atoms with Crippen molar-refractivity contribution < 1.29 is 119 Å². The third kappa shape index (κ3) is 9.28. The van der Waals surface area contributed by atoms with Gasteiger partial charge in [0.1, 0.15) is 91.6 Å². The number of carbonyl (C=O) groups excluding carboxylic acids is 1. The van der Waals surface area contributed by atoms with Crippen LogP contribution in [0.3, 0.4) is 0 Å². The molecular weight excluding hydrogens is 746 g/mol. The number of carboxylic acids is 1.